The molecule has 0 atom stereocenters. The molecule has 0 fully saturated rings. The minimum absolute atomic E-state index is 0.322. The summed E-state index contributed by atoms with van der Waals surface area (Å²) in [5.74, 6) is 0.713. The summed E-state index contributed by atoms with van der Waals surface area (Å²) in [4.78, 5) is 4.01. The second kappa shape index (κ2) is 3.59. The van der Waals surface area contributed by atoms with Gasteiger partial charge in [-0.1, -0.05) is 4.32 Å². The Morgan fingerprint density at radius 3 is 3.00 bits per heavy atom. The van der Waals surface area contributed by atoms with Crippen LogP contribution >= 0.6 is 12.2 Å². The van der Waals surface area contributed by atoms with Crippen LogP contribution in [0.25, 0.3) is 0 Å². The maximum absolute atomic E-state index is 4.68. The van der Waals surface area contributed by atoms with Gasteiger partial charge >= 0.3 is 0 Å². The van der Waals surface area contributed by atoms with Crippen molar-refractivity contribution < 1.29 is 0 Å². The second-order valence-electron chi connectivity index (χ2n) is 2.13. The Balaban J connectivity index is 2.79. The quantitative estimate of drug-likeness (QED) is 0.528. The van der Waals surface area contributed by atoms with Crippen molar-refractivity contribution in [3.8, 4) is 0 Å². The number of nitrogens with zero attached hydrogens (tertiary/aromatic N) is 1. The third-order valence-corrected chi connectivity index (χ3v) is 1.35. The molecule has 1 aromatic rings. The zero-order valence-corrected chi connectivity index (χ0v) is 7.63. The Kier molecular flexibility index (Phi) is 2.73. The molecule has 1 N–H and O–H groups in total. The van der Waals surface area contributed by atoms with Crippen molar-refractivity contribution in [1.29, 1.82) is 0 Å². The van der Waals surface area contributed by atoms with Gasteiger partial charge in [-0.25, -0.2) is 4.98 Å². The van der Waals surface area contributed by atoms with E-state index in [9.17, 15) is 0 Å². The minimum atomic E-state index is 0.322. The van der Waals surface area contributed by atoms with Gasteiger partial charge < -0.3 is 30.2 Å². The van der Waals surface area contributed by atoms with Gasteiger partial charge in [0.1, 0.15) is 5.82 Å². The molecule has 11 heavy (non-hydrogen) atoms. The van der Waals surface area contributed by atoms with E-state index in [1.807, 2.05) is 19.1 Å². The predicted octanol–water partition coefficient (Wildman–Crippen LogP) is 1.63. The number of nitrogens with one attached hydrogen (secondary N) is 1. The maximum Gasteiger partial charge on any atom is 0.129 e. The Morgan fingerprint density at radius 1 is 1.73 bits per heavy atom. The van der Waals surface area contributed by atoms with Gasteiger partial charge in [0.25, 0.3) is 0 Å². The number of hydrogen-bond donors (Lipinski definition) is 1. The highest BCUT2D eigenvalue weighted by molar-refractivity contribution is 8.00. The van der Waals surface area contributed by atoms with Crippen LogP contribution in [0.4, 0.5) is 5.82 Å². The van der Waals surface area contributed by atoms with Crippen LogP contribution in [0.3, 0.4) is 0 Å². The van der Waals surface area contributed by atoms with E-state index >= 15 is 0 Å². The van der Waals surface area contributed by atoms with Crippen LogP contribution in [-0.4, -0.2) is 9.30 Å². The summed E-state index contributed by atoms with van der Waals surface area (Å²) in [6.45, 7) is 1.99. The first-order chi connectivity index (χ1) is 5.18. The highest BCUT2D eigenvalue weighted by atomic mass is 32.1. The molecule has 0 unspecified atom stereocenters. The Hall–Kier alpha value is -0.740. The first kappa shape index (κ1) is 8.36. The van der Waals surface area contributed by atoms with Crippen LogP contribution in [0.5, 0.6) is 0 Å². The largest absolute Gasteiger partial charge is 0.411 e. The summed E-state index contributed by atoms with van der Waals surface area (Å²) >= 11 is 9.37. The monoisotopic (exact) mass is 183 g/mol. The van der Waals surface area contributed by atoms with E-state index in [1.54, 1.807) is 6.20 Å². The summed E-state index contributed by atoms with van der Waals surface area (Å²) in [5.41, 5.74) is 1.13. The normalized spacial score (nSPS) is 9.18. The van der Waals surface area contributed by atoms with Gasteiger partial charge in [-0.05, 0) is 24.6 Å². The molecule has 0 radical (unpaired) electrons. The van der Waals surface area contributed by atoms with Crippen molar-refractivity contribution in [2.45, 2.75) is 6.92 Å². The van der Waals surface area contributed by atoms with Crippen LogP contribution in [0.2, 0.25) is 0 Å². The molecule has 1 heterocycles. The third kappa shape index (κ3) is 2.78. The lowest BCUT2D eigenvalue weighted by Gasteiger charge is -2.07. The van der Waals surface area contributed by atoms with Gasteiger partial charge in [-0.3, -0.25) is 0 Å². The van der Waals surface area contributed by atoms with Gasteiger partial charge in [0.2, 0.25) is 0 Å². The molecule has 0 aliphatic rings. The highest BCUT2D eigenvalue weighted by Gasteiger charge is 1.89. The zero-order valence-electron chi connectivity index (χ0n) is 6.00. The molecule has 4 heteroatoms. The summed E-state index contributed by atoms with van der Waals surface area (Å²) in [6, 6.07) is 3.80. The van der Waals surface area contributed by atoms with E-state index in [4.69, 9.17) is 0 Å². The molecule has 1 rings (SSSR count). The van der Waals surface area contributed by atoms with Crippen molar-refractivity contribution in [2.75, 3.05) is 5.32 Å². The molecule has 0 aliphatic carbocycles. The van der Waals surface area contributed by atoms with E-state index in [2.05, 4.69) is 35.1 Å². The van der Waals surface area contributed by atoms with Gasteiger partial charge in [0.05, 0.1) is 0 Å². The van der Waals surface area contributed by atoms with Crippen molar-refractivity contribution in [3.63, 3.8) is 0 Å². The van der Waals surface area contributed by atoms with E-state index in [0.717, 1.165) is 5.56 Å². The average molecular weight is 183 g/mol. The molecule has 58 valence electrons. The topological polar surface area (TPSA) is 24.9 Å². The lowest BCUT2D eigenvalue weighted by Crippen LogP contribution is -2.05. The van der Waals surface area contributed by atoms with Crippen LogP contribution in [0.15, 0.2) is 18.3 Å². The Morgan fingerprint density at radius 2 is 2.45 bits per heavy atom. The fourth-order valence-electron chi connectivity index (χ4n) is 0.709. The van der Waals surface area contributed by atoms with Crippen molar-refractivity contribution in [1.82, 2.24) is 4.98 Å². The molecule has 0 saturated heterocycles. The molecule has 2 nitrogen and oxygen atoms in total. The average Bonchev–Trinajstić information content (AvgIpc) is 1.85. The fourth-order valence-corrected chi connectivity index (χ4v) is 0.918. The summed E-state index contributed by atoms with van der Waals surface area (Å²) in [5, 5.41) is 2.78. The number of pyridine rings is 1. The molecule has 0 spiro atoms. The standard InChI is InChI=1S/C7H8N2S2/c1-5-2-3-8-6(4-5)9-7(10)11/h2-4H,1H3,(H2,8,9,10,11)/p-1. The second-order valence-corrected chi connectivity index (χ2v) is 3.21. The number of rotatable bonds is 1. The number of aromatic nitrogens is 1. The Labute approximate surface area is 76.4 Å². The molecular formula is C7H7N2S2-. The molecule has 0 bridgehead atoms. The SMILES string of the molecule is Cc1ccnc(NC(=S)[S-])c1. The van der Waals surface area contributed by atoms with E-state index < -0.39 is 0 Å². The van der Waals surface area contributed by atoms with Crippen molar-refractivity contribution >= 4 is 35.0 Å². The minimum Gasteiger partial charge on any atom is -0.411 e. The summed E-state index contributed by atoms with van der Waals surface area (Å²) < 4.78 is 0.322. The van der Waals surface area contributed by atoms with E-state index in [1.165, 1.54) is 0 Å². The lowest BCUT2D eigenvalue weighted by atomic mass is 10.3. The molecule has 1 aromatic heterocycles. The number of thiocarbonyl (C=S) groups is 1. The number of hydrogen-bond acceptors (Lipinski definition) is 3. The first-order valence-corrected chi connectivity index (χ1v) is 3.91. The molecule has 0 amide bonds. The first-order valence-electron chi connectivity index (χ1n) is 3.09. The van der Waals surface area contributed by atoms with Crippen LogP contribution < -0.4 is 5.32 Å². The summed E-state index contributed by atoms with van der Waals surface area (Å²) in [7, 11) is 0. The van der Waals surface area contributed by atoms with Gasteiger partial charge in [0, 0.05) is 6.20 Å². The van der Waals surface area contributed by atoms with Crippen LogP contribution in [0, 0.1) is 6.92 Å². The maximum atomic E-state index is 4.68. The van der Waals surface area contributed by atoms with Crippen molar-refractivity contribution in [3.05, 3.63) is 23.9 Å². The van der Waals surface area contributed by atoms with E-state index in [-0.39, 0.29) is 0 Å². The number of aryl methyl sites for hydroxylation is 1. The predicted molar refractivity (Wildman–Crippen MR) is 52.6 cm³/mol. The smallest absolute Gasteiger partial charge is 0.129 e. The van der Waals surface area contributed by atoms with Gasteiger partial charge in [0.15, 0.2) is 0 Å². The molecule has 0 aliphatic heterocycles. The van der Waals surface area contributed by atoms with Gasteiger partial charge in [-0.15, -0.1) is 0 Å². The fraction of sp³-hybridized carbons (Fsp3) is 0.143. The zero-order chi connectivity index (χ0) is 8.27. The number of anilines is 1. The molecule has 0 saturated carbocycles. The summed E-state index contributed by atoms with van der Waals surface area (Å²) in [6.07, 6.45) is 1.71. The lowest BCUT2D eigenvalue weighted by molar-refractivity contribution is 1.29. The van der Waals surface area contributed by atoms with Gasteiger partial charge in [-0.2, -0.15) is 0 Å². The van der Waals surface area contributed by atoms with E-state index in [0.29, 0.717) is 10.1 Å². The van der Waals surface area contributed by atoms with Crippen LogP contribution in [0.1, 0.15) is 5.56 Å². The third-order valence-electron chi connectivity index (χ3n) is 1.15. The Bertz CT molecular complexity index is 273. The molecular weight excluding hydrogens is 176 g/mol. The highest BCUT2D eigenvalue weighted by Crippen LogP contribution is 2.04. The molecule has 0 aromatic carbocycles. The van der Waals surface area contributed by atoms with Crippen LogP contribution in [-0.2, 0) is 12.6 Å². The van der Waals surface area contributed by atoms with Crippen molar-refractivity contribution in [2.24, 2.45) is 0 Å².